The van der Waals surface area contributed by atoms with Gasteiger partial charge in [-0.25, -0.2) is 0 Å². The summed E-state index contributed by atoms with van der Waals surface area (Å²) in [6, 6.07) is 0. The third-order valence-electron chi connectivity index (χ3n) is 3.57. The highest BCUT2D eigenvalue weighted by Gasteiger charge is 2.13. The van der Waals surface area contributed by atoms with Gasteiger partial charge in [0.2, 0.25) is 0 Å². The maximum absolute atomic E-state index is 9.93. The summed E-state index contributed by atoms with van der Waals surface area (Å²) in [6.07, 6.45) is 4.72. The first-order chi connectivity index (χ1) is 8.99. The van der Waals surface area contributed by atoms with Crippen molar-refractivity contribution in [2.24, 2.45) is 0 Å². The largest absolute Gasteiger partial charge is 1.00 e. The molecule has 0 saturated heterocycles. The zero-order chi connectivity index (χ0) is 15.8. The molecule has 0 aliphatic heterocycles. The fourth-order valence-corrected chi connectivity index (χ4v) is 2.28. The van der Waals surface area contributed by atoms with Gasteiger partial charge in [-0.1, -0.05) is 0 Å². The molecular formula is C16H38I2N2O2. The van der Waals surface area contributed by atoms with E-state index in [1.807, 2.05) is 0 Å². The average Bonchev–Trinajstić information content (AvgIpc) is 2.22. The molecule has 0 aliphatic rings. The smallest absolute Gasteiger partial charge is 0.0781 e. The summed E-state index contributed by atoms with van der Waals surface area (Å²) in [5.41, 5.74) is 0. The first-order valence-electron chi connectivity index (χ1n) is 7.97. The lowest BCUT2D eigenvalue weighted by Crippen LogP contribution is -3.00. The highest BCUT2D eigenvalue weighted by atomic mass is 127. The first kappa shape index (κ1) is 28.1. The molecule has 0 fully saturated rings. The van der Waals surface area contributed by atoms with Crippen molar-refractivity contribution in [1.82, 2.24) is 0 Å². The number of hydrogen-bond donors (Lipinski definition) is 2. The van der Waals surface area contributed by atoms with E-state index in [0.717, 1.165) is 60.6 Å². The second-order valence-electron chi connectivity index (χ2n) is 8.20. The highest BCUT2D eigenvalue weighted by molar-refractivity contribution is 4.62. The molecule has 0 bridgehead atoms. The van der Waals surface area contributed by atoms with Crippen LogP contribution in [0.4, 0.5) is 0 Å². The predicted molar refractivity (Wildman–Crippen MR) is 85.5 cm³/mol. The second-order valence-corrected chi connectivity index (χ2v) is 8.20. The minimum atomic E-state index is -0.255. The van der Waals surface area contributed by atoms with Crippen LogP contribution in [-0.2, 0) is 0 Å². The quantitative estimate of drug-likeness (QED) is 0.204. The molecule has 4 nitrogen and oxygen atoms in total. The Morgan fingerprint density at radius 2 is 0.864 bits per heavy atom. The van der Waals surface area contributed by atoms with Gasteiger partial charge in [-0.2, -0.15) is 0 Å². The van der Waals surface area contributed by atoms with Gasteiger partial charge in [0.05, 0.1) is 67.6 Å². The summed E-state index contributed by atoms with van der Waals surface area (Å²) in [5.74, 6) is 0. The fraction of sp³-hybridized carbons (Fsp3) is 1.00. The lowest BCUT2D eigenvalue weighted by atomic mass is 10.0. The number of rotatable bonds is 11. The average molecular weight is 544 g/mol. The highest BCUT2D eigenvalue weighted by Crippen LogP contribution is 2.12. The molecule has 0 aromatic carbocycles. The Labute approximate surface area is 172 Å². The van der Waals surface area contributed by atoms with Crippen molar-refractivity contribution >= 4 is 0 Å². The van der Waals surface area contributed by atoms with Crippen LogP contribution in [0.3, 0.4) is 0 Å². The van der Waals surface area contributed by atoms with Gasteiger partial charge >= 0.3 is 0 Å². The van der Waals surface area contributed by atoms with Crippen LogP contribution >= 0.6 is 0 Å². The Kier molecular flexibility index (Phi) is 17.3. The van der Waals surface area contributed by atoms with Crippen LogP contribution in [0.25, 0.3) is 0 Å². The standard InChI is InChI=1S/C16H38N2O2.2HI/c1-17(2,3)13-7-9-15(19)11-12-16(20)10-8-14-18(4,5)6;;/h15-16,19-20H,7-14H2,1-6H3;2*1H/q+2;;/p-2. The summed E-state index contributed by atoms with van der Waals surface area (Å²) < 4.78 is 1.89. The minimum absolute atomic E-state index is 0. The molecule has 138 valence electrons. The van der Waals surface area contributed by atoms with Crippen molar-refractivity contribution in [1.29, 1.82) is 0 Å². The summed E-state index contributed by atoms with van der Waals surface area (Å²) in [5, 5.41) is 19.9. The van der Waals surface area contributed by atoms with Gasteiger partial charge in [-0.05, 0) is 38.5 Å². The van der Waals surface area contributed by atoms with Crippen molar-refractivity contribution in [3.8, 4) is 0 Å². The van der Waals surface area contributed by atoms with Gasteiger partial charge in [-0.3, -0.25) is 0 Å². The maximum atomic E-state index is 9.93. The molecule has 6 heteroatoms. The van der Waals surface area contributed by atoms with Crippen molar-refractivity contribution < 1.29 is 67.1 Å². The van der Waals surface area contributed by atoms with Gasteiger partial charge in [-0.15, -0.1) is 0 Å². The summed E-state index contributed by atoms with van der Waals surface area (Å²) >= 11 is 0. The topological polar surface area (TPSA) is 40.5 Å². The van der Waals surface area contributed by atoms with E-state index in [4.69, 9.17) is 0 Å². The van der Waals surface area contributed by atoms with Crippen LogP contribution in [-0.4, -0.2) is 86.8 Å². The Morgan fingerprint density at radius 1 is 0.591 bits per heavy atom. The molecular weight excluding hydrogens is 506 g/mol. The van der Waals surface area contributed by atoms with Crippen LogP contribution in [0.1, 0.15) is 38.5 Å². The van der Waals surface area contributed by atoms with E-state index >= 15 is 0 Å². The van der Waals surface area contributed by atoms with E-state index in [2.05, 4.69) is 42.3 Å². The Balaban J connectivity index is -0.00000180. The molecule has 0 radical (unpaired) electrons. The van der Waals surface area contributed by atoms with Crippen LogP contribution < -0.4 is 48.0 Å². The molecule has 0 spiro atoms. The number of halogens is 2. The molecule has 0 rings (SSSR count). The van der Waals surface area contributed by atoms with E-state index in [-0.39, 0.29) is 60.2 Å². The Morgan fingerprint density at radius 3 is 1.09 bits per heavy atom. The number of aliphatic hydroxyl groups is 2. The van der Waals surface area contributed by atoms with Crippen LogP contribution in [0.2, 0.25) is 0 Å². The number of nitrogens with zero attached hydrogens (tertiary/aromatic N) is 2. The SMILES string of the molecule is C[N+](C)(C)CCCC(O)CCC(O)CCC[N+](C)(C)C.[I-].[I-]. The van der Waals surface area contributed by atoms with Crippen LogP contribution in [0, 0.1) is 0 Å². The molecule has 2 N–H and O–H groups in total. The third-order valence-corrected chi connectivity index (χ3v) is 3.57. The van der Waals surface area contributed by atoms with Crippen molar-refractivity contribution in [2.45, 2.75) is 50.7 Å². The van der Waals surface area contributed by atoms with Gasteiger partial charge in [0.15, 0.2) is 0 Å². The molecule has 22 heavy (non-hydrogen) atoms. The summed E-state index contributed by atoms with van der Waals surface area (Å²) in [4.78, 5) is 0. The third kappa shape index (κ3) is 21.3. The molecule has 2 atom stereocenters. The molecule has 0 heterocycles. The van der Waals surface area contributed by atoms with E-state index < -0.39 is 0 Å². The molecule has 0 aliphatic carbocycles. The van der Waals surface area contributed by atoms with E-state index in [1.54, 1.807) is 0 Å². The lowest BCUT2D eigenvalue weighted by molar-refractivity contribution is -0.870. The van der Waals surface area contributed by atoms with Gasteiger partial charge in [0.25, 0.3) is 0 Å². The zero-order valence-electron chi connectivity index (χ0n) is 15.4. The van der Waals surface area contributed by atoms with E-state index in [0.29, 0.717) is 0 Å². The molecule has 0 saturated carbocycles. The summed E-state index contributed by atoms with van der Waals surface area (Å²) in [6.45, 7) is 2.17. The van der Waals surface area contributed by atoms with Crippen LogP contribution in [0.5, 0.6) is 0 Å². The van der Waals surface area contributed by atoms with Crippen molar-refractivity contribution in [3.05, 3.63) is 0 Å². The fourth-order valence-electron chi connectivity index (χ4n) is 2.28. The number of aliphatic hydroxyl groups excluding tert-OH is 2. The molecule has 0 aromatic rings. The van der Waals surface area contributed by atoms with Crippen molar-refractivity contribution in [2.75, 3.05) is 55.4 Å². The summed E-state index contributed by atoms with van der Waals surface area (Å²) in [7, 11) is 13.0. The normalized spacial score (nSPS) is 14.7. The van der Waals surface area contributed by atoms with Crippen molar-refractivity contribution in [3.63, 3.8) is 0 Å². The molecule has 0 aromatic heterocycles. The lowest BCUT2D eigenvalue weighted by Gasteiger charge is -2.25. The van der Waals surface area contributed by atoms with Gasteiger partial charge in [0, 0.05) is 0 Å². The maximum Gasteiger partial charge on any atom is 0.0781 e. The number of quaternary nitrogens is 2. The zero-order valence-corrected chi connectivity index (χ0v) is 19.7. The molecule has 0 amide bonds. The van der Waals surface area contributed by atoms with Gasteiger partial charge < -0.3 is 67.1 Å². The Bertz CT molecular complexity index is 228. The van der Waals surface area contributed by atoms with Gasteiger partial charge in [0.1, 0.15) is 0 Å². The van der Waals surface area contributed by atoms with Crippen LogP contribution in [0.15, 0.2) is 0 Å². The minimum Gasteiger partial charge on any atom is -1.00 e. The Hall–Kier alpha value is 1.30. The number of hydrogen-bond acceptors (Lipinski definition) is 2. The van der Waals surface area contributed by atoms with E-state index in [1.165, 1.54) is 0 Å². The molecule has 2 unspecified atom stereocenters. The van der Waals surface area contributed by atoms with E-state index in [9.17, 15) is 10.2 Å². The first-order valence-corrected chi connectivity index (χ1v) is 7.97. The monoisotopic (exact) mass is 544 g/mol. The second kappa shape index (κ2) is 13.6. The predicted octanol–water partition coefficient (Wildman–Crippen LogP) is -4.53.